The van der Waals surface area contributed by atoms with Crippen molar-refractivity contribution in [3.05, 3.63) is 53.7 Å². The van der Waals surface area contributed by atoms with Gasteiger partial charge in [-0.1, -0.05) is 11.6 Å². The summed E-state index contributed by atoms with van der Waals surface area (Å²) in [5.41, 5.74) is 1.51. The van der Waals surface area contributed by atoms with Gasteiger partial charge in [-0.15, -0.1) is 0 Å². The molecule has 1 aliphatic heterocycles. The van der Waals surface area contributed by atoms with Crippen LogP contribution < -0.4 is 24.8 Å². The lowest BCUT2D eigenvalue weighted by atomic mass is 10.3. The number of nitrogens with zero attached hydrogens (tertiary/aromatic N) is 2. The van der Waals surface area contributed by atoms with Crippen LogP contribution in [-0.2, 0) is 0 Å². The van der Waals surface area contributed by atoms with E-state index in [2.05, 4.69) is 20.6 Å². The summed E-state index contributed by atoms with van der Waals surface area (Å²) < 4.78 is 16.0. The molecule has 26 heavy (non-hydrogen) atoms. The lowest BCUT2D eigenvalue weighted by Crippen LogP contribution is -2.01. The number of hydrogen-bond acceptors (Lipinski definition) is 7. The number of rotatable bonds is 5. The summed E-state index contributed by atoms with van der Waals surface area (Å²) in [5, 5.41) is 6.92. The Bertz CT molecular complexity index is 951. The van der Waals surface area contributed by atoms with Gasteiger partial charge in [0.05, 0.1) is 12.8 Å². The average molecular weight is 371 g/mol. The number of hydrogen-bond donors (Lipinski definition) is 2. The molecule has 0 fully saturated rings. The zero-order chi connectivity index (χ0) is 17.9. The van der Waals surface area contributed by atoms with Crippen molar-refractivity contribution in [2.75, 3.05) is 24.5 Å². The van der Waals surface area contributed by atoms with E-state index in [1.807, 2.05) is 18.2 Å². The molecule has 0 unspecified atom stereocenters. The Balaban J connectivity index is 1.54. The van der Waals surface area contributed by atoms with Crippen molar-refractivity contribution in [3.8, 4) is 17.2 Å². The fraction of sp³-hybridized carbons (Fsp3) is 0.111. The molecule has 0 saturated heterocycles. The molecule has 0 saturated carbocycles. The van der Waals surface area contributed by atoms with Crippen LogP contribution in [0.15, 0.2) is 48.7 Å². The predicted octanol–water partition coefficient (Wildman–Crippen LogP) is 4.35. The number of fused-ring (bicyclic) bond motifs is 1. The fourth-order valence-corrected chi connectivity index (χ4v) is 2.68. The van der Waals surface area contributed by atoms with Gasteiger partial charge in [0.25, 0.3) is 0 Å². The van der Waals surface area contributed by atoms with E-state index in [4.69, 9.17) is 25.8 Å². The van der Waals surface area contributed by atoms with E-state index in [9.17, 15) is 0 Å². The van der Waals surface area contributed by atoms with Crippen LogP contribution in [0, 0.1) is 0 Å². The molecule has 0 atom stereocenters. The first-order valence-electron chi connectivity index (χ1n) is 7.81. The Morgan fingerprint density at radius 3 is 2.81 bits per heavy atom. The summed E-state index contributed by atoms with van der Waals surface area (Å²) >= 11 is 6.05. The molecule has 132 valence electrons. The lowest BCUT2D eigenvalue weighted by molar-refractivity contribution is 0.174. The minimum Gasteiger partial charge on any atom is -0.495 e. The van der Waals surface area contributed by atoms with Crippen LogP contribution in [-0.4, -0.2) is 23.9 Å². The van der Waals surface area contributed by atoms with Gasteiger partial charge >= 0.3 is 0 Å². The Hall–Kier alpha value is -3.19. The molecule has 2 aromatic carbocycles. The topological polar surface area (TPSA) is 77.5 Å². The van der Waals surface area contributed by atoms with E-state index in [1.54, 1.807) is 37.6 Å². The molecule has 0 spiro atoms. The number of halogens is 1. The standard InChI is InChI=1S/C18H15ClN4O3/c1-24-14-4-2-11(19)8-13(14)22-18-20-7-6-17(23-18)21-12-3-5-15-16(9-12)26-10-25-15/h2-9H,10H2,1H3,(H2,20,21,22,23). The summed E-state index contributed by atoms with van der Waals surface area (Å²) in [6.45, 7) is 0.238. The highest BCUT2D eigenvalue weighted by Gasteiger charge is 2.13. The van der Waals surface area contributed by atoms with Crippen LogP contribution in [0.1, 0.15) is 0 Å². The van der Waals surface area contributed by atoms with Crippen LogP contribution in [0.2, 0.25) is 5.02 Å². The van der Waals surface area contributed by atoms with Crippen molar-refractivity contribution in [3.63, 3.8) is 0 Å². The first-order chi connectivity index (χ1) is 12.7. The third-order valence-electron chi connectivity index (χ3n) is 3.71. The Labute approximate surface area is 154 Å². The molecule has 0 amide bonds. The van der Waals surface area contributed by atoms with Crippen LogP contribution in [0.25, 0.3) is 0 Å². The van der Waals surface area contributed by atoms with Gasteiger partial charge in [-0.3, -0.25) is 0 Å². The van der Waals surface area contributed by atoms with Gasteiger partial charge in [-0.05, 0) is 36.4 Å². The largest absolute Gasteiger partial charge is 0.495 e. The second kappa shape index (κ2) is 6.97. The lowest BCUT2D eigenvalue weighted by Gasteiger charge is -2.11. The van der Waals surface area contributed by atoms with Crippen LogP contribution in [0.4, 0.5) is 23.1 Å². The van der Waals surface area contributed by atoms with E-state index < -0.39 is 0 Å². The monoisotopic (exact) mass is 370 g/mol. The van der Waals surface area contributed by atoms with E-state index in [0.717, 1.165) is 11.4 Å². The second-order valence-corrected chi connectivity index (χ2v) is 5.86. The number of benzene rings is 2. The van der Waals surface area contributed by atoms with Crippen LogP contribution in [0.3, 0.4) is 0 Å². The highest BCUT2D eigenvalue weighted by Crippen LogP contribution is 2.35. The highest BCUT2D eigenvalue weighted by atomic mass is 35.5. The molecular weight excluding hydrogens is 356 g/mol. The molecule has 1 aliphatic rings. The summed E-state index contributed by atoms with van der Waals surface area (Å²) in [7, 11) is 1.59. The van der Waals surface area contributed by atoms with E-state index >= 15 is 0 Å². The van der Waals surface area contributed by atoms with Crippen molar-refractivity contribution < 1.29 is 14.2 Å². The first-order valence-corrected chi connectivity index (χ1v) is 8.19. The number of nitrogens with one attached hydrogen (secondary N) is 2. The third-order valence-corrected chi connectivity index (χ3v) is 3.94. The maximum Gasteiger partial charge on any atom is 0.231 e. The Morgan fingerprint density at radius 1 is 1.04 bits per heavy atom. The summed E-state index contributed by atoms with van der Waals surface area (Å²) in [4.78, 5) is 8.69. The Kier molecular flexibility index (Phi) is 4.37. The molecule has 3 aromatic rings. The predicted molar refractivity (Wildman–Crippen MR) is 99.2 cm³/mol. The third kappa shape index (κ3) is 3.43. The van der Waals surface area contributed by atoms with E-state index in [1.165, 1.54) is 0 Å². The Morgan fingerprint density at radius 2 is 1.92 bits per heavy atom. The van der Waals surface area contributed by atoms with Crippen LogP contribution in [0.5, 0.6) is 17.2 Å². The molecule has 2 heterocycles. The number of methoxy groups -OCH3 is 1. The summed E-state index contributed by atoms with van der Waals surface area (Å²) in [6, 6.07) is 12.7. The number of anilines is 4. The molecule has 1 aromatic heterocycles. The molecule has 0 bridgehead atoms. The normalized spacial score (nSPS) is 11.9. The summed E-state index contributed by atoms with van der Waals surface area (Å²) in [5.74, 6) is 3.12. The average Bonchev–Trinajstić information content (AvgIpc) is 3.10. The summed E-state index contributed by atoms with van der Waals surface area (Å²) in [6.07, 6.45) is 1.65. The number of aromatic nitrogens is 2. The number of ether oxygens (including phenoxy) is 3. The molecule has 0 radical (unpaired) electrons. The fourth-order valence-electron chi connectivity index (χ4n) is 2.51. The van der Waals surface area contributed by atoms with Crippen molar-refractivity contribution in [1.29, 1.82) is 0 Å². The molecular formula is C18H15ClN4O3. The highest BCUT2D eigenvalue weighted by molar-refractivity contribution is 6.31. The van der Waals surface area contributed by atoms with Crippen molar-refractivity contribution in [2.24, 2.45) is 0 Å². The van der Waals surface area contributed by atoms with Crippen LogP contribution >= 0.6 is 11.6 Å². The second-order valence-electron chi connectivity index (χ2n) is 5.43. The van der Waals surface area contributed by atoms with Gasteiger partial charge in [0.15, 0.2) is 11.5 Å². The molecule has 8 heteroatoms. The van der Waals surface area contributed by atoms with Gasteiger partial charge in [0, 0.05) is 23.0 Å². The van der Waals surface area contributed by atoms with Gasteiger partial charge in [-0.2, -0.15) is 4.98 Å². The maximum absolute atomic E-state index is 6.05. The van der Waals surface area contributed by atoms with Gasteiger partial charge in [-0.25, -0.2) is 4.98 Å². The zero-order valence-electron chi connectivity index (χ0n) is 13.8. The molecule has 7 nitrogen and oxygen atoms in total. The zero-order valence-corrected chi connectivity index (χ0v) is 14.6. The SMILES string of the molecule is COc1ccc(Cl)cc1Nc1nccc(Nc2ccc3c(c2)OCO3)n1. The molecule has 2 N–H and O–H groups in total. The van der Waals surface area contributed by atoms with Gasteiger partial charge in [0.2, 0.25) is 12.7 Å². The minimum atomic E-state index is 0.238. The van der Waals surface area contributed by atoms with Gasteiger partial charge < -0.3 is 24.8 Å². The minimum absolute atomic E-state index is 0.238. The van der Waals surface area contributed by atoms with Crippen molar-refractivity contribution >= 4 is 34.7 Å². The van der Waals surface area contributed by atoms with Gasteiger partial charge in [0.1, 0.15) is 11.6 Å². The molecule has 4 rings (SSSR count). The maximum atomic E-state index is 6.05. The van der Waals surface area contributed by atoms with Crippen molar-refractivity contribution in [1.82, 2.24) is 9.97 Å². The van der Waals surface area contributed by atoms with Crippen molar-refractivity contribution in [2.45, 2.75) is 0 Å². The quantitative estimate of drug-likeness (QED) is 0.691. The van der Waals surface area contributed by atoms with E-state index in [0.29, 0.717) is 34.0 Å². The van der Waals surface area contributed by atoms with E-state index in [-0.39, 0.29) is 6.79 Å². The smallest absolute Gasteiger partial charge is 0.231 e. The molecule has 0 aliphatic carbocycles. The first kappa shape index (κ1) is 16.3.